The molecule has 0 bridgehead atoms. The predicted molar refractivity (Wildman–Crippen MR) is 159 cm³/mol. The van der Waals surface area contributed by atoms with Crippen molar-refractivity contribution in [3.8, 4) is 0 Å². The molecule has 9 nitrogen and oxygen atoms in total. The van der Waals surface area contributed by atoms with Crippen molar-refractivity contribution in [3.05, 3.63) is 48.8 Å². The van der Waals surface area contributed by atoms with Gasteiger partial charge in [0.05, 0.1) is 18.7 Å². The second kappa shape index (κ2) is 12.9. The topological polar surface area (TPSA) is 103 Å². The maximum Gasteiger partial charge on any atom is 0.246 e. The molecule has 224 valence electrons. The van der Waals surface area contributed by atoms with E-state index in [0.717, 1.165) is 44.1 Å². The van der Waals surface area contributed by atoms with Gasteiger partial charge in [-0.15, -0.1) is 0 Å². The standard InChI is InChI=1S/C32H47N5O4/c1-20-10-8-9-11-21(2)41-15-14-26(20)34-31(39)28-19-36-25(16-24-17-27(24)36)18-37(28)32(40)29(23-12-6-5-7-13-23)35-30(38)22(3)33-4/h8-11,22-29,33H,1-2,5-7,12-19H2,3-4H3,(H,34,39)(H,35,38)/b10-8-,11-9-/t22-,24?,25+,26+,27?,28-,29?/m0/s1. The number of ether oxygens (including phenoxy) is 1. The van der Waals surface area contributed by atoms with Crippen molar-refractivity contribution < 1.29 is 19.1 Å². The van der Waals surface area contributed by atoms with Gasteiger partial charge in [-0.25, -0.2) is 0 Å². The molecular formula is C32H47N5O4. The normalized spacial score (nSPS) is 33.4. The van der Waals surface area contributed by atoms with Crippen LogP contribution in [0.1, 0.15) is 58.3 Å². The number of nitrogens with one attached hydrogen (secondary N) is 3. The highest BCUT2D eigenvalue weighted by atomic mass is 16.5. The van der Waals surface area contributed by atoms with Crippen LogP contribution in [0.5, 0.6) is 0 Å². The molecule has 9 heteroatoms. The minimum atomic E-state index is -0.634. The van der Waals surface area contributed by atoms with Crippen molar-refractivity contribution in [1.82, 2.24) is 25.8 Å². The Balaban J connectivity index is 1.37. The minimum Gasteiger partial charge on any atom is -0.494 e. The third-order valence-corrected chi connectivity index (χ3v) is 9.78. The molecule has 2 saturated heterocycles. The van der Waals surface area contributed by atoms with E-state index in [4.69, 9.17) is 4.74 Å². The lowest BCUT2D eigenvalue weighted by Crippen LogP contribution is -2.67. The Morgan fingerprint density at radius 3 is 2.54 bits per heavy atom. The molecule has 2 saturated carbocycles. The van der Waals surface area contributed by atoms with Crippen LogP contribution in [0.3, 0.4) is 0 Å². The third kappa shape index (κ3) is 6.78. The van der Waals surface area contributed by atoms with Crippen LogP contribution in [-0.2, 0) is 19.1 Å². The Bertz CT molecular complexity index is 1100. The number of carbonyl (C=O) groups excluding carboxylic acids is 3. The van der Waals surface area contributed by atoms with Gasteiger partial charge in [-0.3, -0.25) is 19.3 Å². The summed E-state index contributed by atoms with van der Waals surface area (Å²) in [5.41, 5.74) is 0.780. The average Bonchev–Trinajstić information content (AvgIpc) is 3.66. The summed E-state index contributed by atoms with van der Waals surface area (Å²) in [4.78, 5) is 45.8. The quantitative estimate of drug-likeness (QED) is 0.438. The van der Waals surface area contributed by atoms with Crippen molar-refractivity contribution in [1.29, 1.82) is 0 Å². The van der Waals surface area contributed by atoms with Gasteiger partial charge in [0, 0.05) is 31.6 Å². The molecule has 3 unspecified atom stereocenters. The average molecular weight is 566 g/mol. The van der Waals surface area contributed by atoms with E-state index in [2.05, 4.69) is 34.0 Å². The lowest BCUT2D eigenvalue weighted by molar-refractivity contribution is -0.150. The molecule has 0 radical (unpaired) electrons. The molecule has 4 fully saturated rings. The Morgan fingerprint density at radius 1 is 1.02 bits per heavy atom. The largest absolute Gasteiger partial charge is 0.494 e. The van der Waals surface area contributed by atoms with Crippen molar-refractivity contribution in [3.63, 3.8) is 0 Å². The molecule has 0 aromatic heterocycles. The summed E-state index contributed by atoms with van der Waals surface area (Å²) in [6.45, 7) is 11.3. The fourth-order valence-corrected chi connectivity index (χ4v) is 7.10. The highest BCUT2D eigenvalue weighted by molar-refractivity contribution is 5.93. The van der Waals surface area contributed by atoms with Crippen molar-refractivity contribution in [2.24, 2.45) is 11.8 Å². The van der Waals surface area contributed by atoms with Crippen LogP contribution in [0.4, 0.5) is 0 Å². The van der Waals surface area contributed by atoms with E-state index in [1.165, 1.54) is 6.42 Å². The monoisotopic (exact) mass is 565 g/mol. The lowest BCUT2D eigenvalue weighted by Gasteiger charge is -2.46. The second-order valence-electron chi connectivity index (χ2n) is 12.5. The van der Waals surface area contributed by atoms with Gasteiger partial charge in [0.15, 0.2) is 0 Å². The zero-order chi connectivity index (χ0) is 29.1. The highest BCUT2D eigenvalue weighted by Crippen LogP contribution is 2.49. The van der Waals surface area contributed by atoms with E-state index < -0.39 is 18.1 Å². The number of allylic oxidation sites excluding steroid dienone is 3. The molecule has 3 N–H and O–H groups in total. The number of piperazine rings is 1. The minimum absolute atomic E-state index is 0.0736. The summed E-state index contributed by atoms with van der Waals surface area (Å²) in [5, 5.41) is 9.29. The van der Waals surface area contributed by atoms with Crippen LogP contribution in [-0.4, -0.2) is 90.5 Å². The van der Waals surface area contributed by atoms with E-state index in [9.17, 15) is 14.4 Å². The number of piperidine rings is 1. The first kappa shape index (κ1) is 29.6. The molecule has 3 heterocycles. The fourth-order valence-electron chi connectivity index (χ4n) is 7.10. The maximum absolute atomic E-state index is 14.4. The number of hydrogen-bond donors (Lipinski definition) is 3. The van der Waals surface area contributed by atoms with Gasteiger partial charge in [-0.2, -0.15) is 0 Å². The van der Waals surface area contributed by atoms with E-state index in [0.29, 0.717) is 43.8 Å². The number of likely N-dealkylation sites (N-methyl/N-ethyl adjacent to an activating group) is 1. The van der Waals surface area contributed by atoms with Gasteiger partial charge >= 0.3 is 0 Å². The van der Waals surface area contributed by atoms with Gasteiger partial charge < -0.3 is 25.6 Å². The van der Waals surface area contributed by atoms with Crippen molar-refractivity contribution in [2.45, 2.75) is 94.5 Å². The Morgan fingerprint density at radius 2 is 1.78 bits per heavy atom. The molecule has 5 aliphatic rings. The van der Waals surface area contributed by atoms with Crippen LogP contribution in [0, 0.1) is 11.8 Å². The summed E-state index contributed by atoms with van der Waals surface area (Å²) in [5.74, 6) is 0.833. The van der Waals surface area contributed by atoms with Gasteiger partial charge in [0.1, 0.15) is 17.8 Å². The number of fused-ring (bicyclic) bond motifs is 3. The number of nitrogens with zero attached hydrogens (tertiary/aromatic N) is 2. The van der Waals surface area contributed by atoms with Gasteiger partial charge in [-0.05, 0) is 63.1 Å². The molecule has 3 aliphatic heterocycles. The molecule has 0 spiro atoms. The number of hydrogen-bond acceptors (Lipinski definition) is 6. The Hall–Kier alpha value is -2.91. The maximum atomic E-state index is 14.4. The Labute approximate surface area is 244 Å². The lowest BCUT2D eigenvalue weighted by atomic mass is 9.82. The molecule has 5 rings (SSSR count). The third-order valence-electron chi connectivity index (χ3n) is 9.78. The van der Waals surface area contributed by atoms with Crippen LogP contribution in [0.15, 0.2) is 48.8 Å². The number of amides is 3. The second-order valence-corrected chi connectivity index (χ2v) is 12.5. The van der Waals surface area contributed by atoms with Gasteiger partial charge in [0.2, 0.25) is 17.7 Å². The molecule has 0 aromatic rings. The van der Waals surface area contributed by atoms with Gasteiger partial charge in [0.25, 0.3) is 0 Å². The van der Waals surface area contributed by atoms with Crippen LogP contribution in [0.25, 0.3) is 0 Å². The predicted octanol–water partition coefficient (Wildman–Crippen LogP) is 2.42. The van der Waals surface area contributed by atoms with Crippen LogP contribution in [0.2, 0.25) is 0 Å². The molecule has 7 atom stereocenters. The number of rotatable bonds is 7. The summed E-state index contributed by atoms with van der Waals surface area (Å²) in [6.07, 6.45) is 15.3. The van der Waals surface area contributed by atoms with E-state index in [-0.39, 0.29) is 35.7 Å². The molecule has 2 aliphatic carbocycles. The highest BCUT2D eigenvalue weighted by Gasteiger charge is 2.56. The fraction of sp³-hybridized carbons (Fsp3) is 0.656. The molecule has 41 heavy (non-hydrogen) atoms. The van der Waals surface area contributed by atoms with E-state index >= 15 is 0 Å². The summed E-state index contributed by atoms with van der Waals surface area (Å²) >= 11 is 0. The Kier molecular flexibility index (Phi) is 9.34. The molecule has 0 aromatic carbocycles. The zero-order valence-electron chi connectivity index (χ0n) is 24.6. The summed E-state index contributed by atoms with van der Waals surface area (Å²) < 4.78 is 5.70. The van der Waals surface area contributed by atoms with E-state index in [1.807, 2.05) is 18.2 Å². The first-order valence-electron chi connectivity index (χ1n) is 15.5. The van der Waals surface area contributed by atoms with E-state index in [1.54, 1.807) is 24.9 Å². The molecular weight excluding hydrogens is 518 g/mol. The zero-order valence-corrected chi connectivity index (χ0v) is 24.6. The smallest absolute Gasteiger partial charge is 0.246 e. The van der Waals surface area contributed by atoms with Crippen molar-refractivity contribution in [2.75, 3.05) is 26.7 Å². The first-order valence-corrected chi connectivity index (χ1v) is 15.5. The summed E-state index contributed by atoms with van der Waals surface area (Å²) in [7, 11) is 1.74. The van der Waals surface area contributed by atoms with Crippen LogP contribution >= 0.6 is 0 Å². The molecule has 3 amide bonds. The SMILES string of the molecule is C=C1/C=C\C=C/C(=C)[C@H](NC(=O)[C@@H]2CN3C4CC4C[C@@H]3CN2C(=O)C(NC(=O)[C@H](C)NC)C2CCCCC2)CCO1. The van der Waals surface area contributed by atoms with Gasteiger partial charge in [-0.1, -0.05) is 50.6 Å². The summed E-state index contributed by atoms with van der Waals surface area (Å²) in [6, 6.07) is -1.21. The van der Waals surface area contributed by atoms with Crippen molar-refractivity contribution >= 4 is 17.7 Å². The van der Waals surface area contributed by atoms with Crippen LogP contribution < -0.4 is 16.0 Å². The number of carbonyl (C=O) groups is 3. The first-order chi connectivity index (χ1) is 19.8.